The van der Waals surface area contributed by atoms with Gasteiger partial charge in [0.25, 0.3) is 0 Å². The monoisotopic (exact) mass is 299 g/mol. The van der Waals surface area contributed by atoms with Crippen molar-refractivity contribution in [2.75, 3.05) is 0 Å². The van der Waals surface area contributed by atoms with E-state index in [9.17, 15) is 5.26 Å². The Morgan fingerprint density at radius 1 is 1.29 bits per heavy atom. The maximum atomic E-state index is 9.23. The molecule has 1 rings (SSSR count). The highest BCUT2D eigenvalue weighted by Crippen LogP contribution is 2.31. The van der Waals surface area contributed by atoms with Crippen LogP contribution in [0.3, 0.4) is 0 Å². The average molecular weight is 299 g/mol. The average Bonchev–Trinajstić information content (AvgIpc) is 2.17. The second-order valence-electron chi connectivity index (χ2n) is 3.98. The molecule has 0 heterocycles. The van der Waals surface area contributed by atoms with Gasteiger partial charge < -0.3 is 0 Å². The lowest BCUT2D eigenvalue weighted by molar-refractivity contribution is 0.431. The molecule has 0 spiro atoms. The lowest BCUT2D eigenvalue weighted by Crippen LogP contribution is -2.26. The molecule has 2 heteroatoms. The van der Waals surface area contributed by atoms with Gasteiger partial charge in [0, 0.05) is 3.57 Å². The van der Waals surface area contributed by atoms with Gasteiger partial charge in [0.05, 0.1) is 11.5 Å². The zero-order valence-electron chi connectivity index (χ0n) is 8.71. The van der Waals surface area contributed by atoms with Crippen molar-refractivity contribution >= 4 is 22.6 Å². The fourth-order valence-electron chi connectivity index (χ4n) is 1.32. The fourth-order valence-corrected chi connectivity index (χ4v) is 1.68. The van der Waals surface area contributed by atoms with Gasteiger partial charge in [0.2, 0.25) is 0 Å². The van der Waals surface area contributed by atoms with Crippen molar-refractivity contribution in [2.45, 2.75) is 26.2 Å². The Balaban J connectivity index is 3.15. The van der Waals surface area contributed by atoms with Crippen LogP contribution >= 0.6 is 22.6 Å². The quantitative estimate of drug-likeness (QED) is 0.763. The van der Waals surface area contributed by atoms with Gasteiger partial charge in [-0.05, 0) is 53.1 Å². The first-order valence-corrected chi connectivity index (χ1v) is 5.76. The molecule has 0 radical (unpaired) electrons. The number of halogens is 1. The molecule has 14 heavy (non-hydrogen) atoms. The van der Waals surface area contributed by atoms with E-state index in [0.29, 0.717) is 5.92 Å². The van der Waals surface area contributed by atoms with Gasteiger partial charge in [-0.3, -0.25) is 0 Å². The third-order valence-electron chi connectivity index (χ3n) is 2.83. The molecule has 74 valence electrons. The van der Waals surface area contributed by atoms with Crippen molar-refractivity contribution in [3.63, 3.8) is 0 Å². The Hall–Kier alpha value is -0.560. The molecule has 0 aromatic heterocycles. The third kappa shape index (κ3) is 2.09. The number of hydrogen-bond acceptors (Lipinski definition) is 1. The van der Waals surface area contributed by atoms with Crippen LogP contribution in [0.4, 0.5) is 0 Å². The van der Waals surface area contributed by atoms with Crippen LogP contribution in [0.1, 0.15) is 26.3 Å². The van der Waals surface area contributed by atoms with E-state index >= 15 is 0 Å². The van der Waals surface area contributed by atoms with Crippen molar-refractivity contribution in [1.29, 1.82) is 5.26 Å². The number of nitrogens with zero attached hydrogens (tertiary/aromatic N) is 1. The summed E-state index contributed by atoms with van der Waals surface area (Å²) >= 11 is 2.27. The third-order valence-corrected chi connectivity index (χ3v) is 3.55. The zero-order chi connectivity index (χ0) is 10.8. The molecule has 0 saturated carbocycles. The Morgan fingerprint density at radius 2 is 1.79 bits per heavy atom. The van der Waals surface area contributed by atoms with E-state index in [-0.39, 0.29) is 5.41 Å². The Bertz CT molecular complexity index is 348. The largest absolute Gasteiger partial charge is 0.197 e. The van der Waals surface area contributed by atoms with E-state index in [1.807, 2.05) is 31.2 Å². The van der Waals surface area contributed by atoms with Crippen LogP contribution in [0.2, 0.25) is 0 Å². The highest BCUT2D eigenvalue weighted by atomic mass is 127. The van der Waals surface area contributed by atoms with E-state index in [4.69, 9.17) is 0 Å². The topological polar surface area (TPSA) is 23.8 Å². The predicted octanol–water partition coefficient (Wildman–Crippen LogP) is 3.73. The van der Waals surface area contributed by atoms with Crippen molar-refractivity contribution in [1.82, 2.24) is 0 Å². The molecule has 0 aliphatic rings. The zero-order valence-corrected chi connectivity index (χ0v) is 10.9. The van der Waals surface area contributed by atoms with Gasteiger partial charge in [-0.1, -0.05) is 26.0 Å². The van der Waals surface area contributed by atoms with Crippen LogP contribution in [0.15, 0.2) is 24.3 Å². The van der Waals surface area contributed by atoms with Crippen molar-refractivity contribution < 1.29 is 0 Å². The maximum Gasteiger partial charge on any atom is 0.0817 e. The molecule has 1 aromatic carbocycles. The van der Waals surface area contributed by atoms with Crippen LogP contribution in [-0.4, -0.2) is 0 Å². The highest BCUT2D eigenvalue weighted by molar-refractivity contribution is 14.1. The lowest BCUT2D eigenvalue weighted by Gasteiger charge is -2.26. The maximum absolute atomic E-state index is 9.23. The SMILES string of the molecule is CC(C)C(C)(C#N)c1ccc(I)cc1. The van der Waals surface area contributed by atoms with Crippen molar-refractivity contribution in [3.05, 3.63) is 33.4 Å². The van der Waals surface area contributed by atoms with Crippen LogP contribution < -0.4 is 0 Å². The summed E-state index contributed by atoms with van der Waals surface area (Å²) in [5.74, 6) is 0.326. The van der Waals surface area contributed by atoms with Gasteiger partial charge in [-0.15, -0.1) is 0 Å². The molecule has 1 aromatic rings. The van der Waals surface area contributed by atoms with Gasteiger partial charge in [0.15, 0.2) is 0 Å². The molecule has 1 nitrogen and oxygen atoms in total. The summed E-state index contributed by atoms with van der Waals surface area (Å²) < 4.78 is 1.20. The predicted molar refractivity (Wildman–Crippen MR) is 67.0 cm³/mol. The van der Waals surface area contributed by atoms with Gasteiger partial charge >= 0.3 is 0 Å². The Labute approximate surface area is 99.3 Å². The second-order valence-corrected chi connectivity index (χ2v) is 5.22. The Morgan fingerprint density at radius 3 is 2.14 bits per heavy atom. The highest BCUT2D eigenvalue weighted by Gasteiger charge is 2.29. The van der Waals surface area contributed by atoms with E-state index in [0.717, 1.165) is 5.56 Å². The second kappa shape index (κ2) is 4.31. The van der Waals surface area contributed by atoms with Gasteiger partial charge in [-0.2, -0.15) is 5.26 Å². The first kappa shape index (κ1) is 11.5. The van der Waals surface area contributed by atoms with Crippen LogP contribution in [0.5, 0.6) is 0 Å². The molecular weight excluding hydrogens is 285 g/mol. The molecule has 1 atom stereocenters. The summed E-state index contributed by atoms with van der Waals surface area (Å²) in [6.07, 6.45) is 0. The van der Waals surface area contributed by atoms with Crippen LogP contribution in [0.25, 0.3) is 0 Å². The minimum atomic E-state index is -0.371. The van der Waals surface area contributed by atoms with Crippen molar-refractivity contribution in [2.24, 2.45) is 5.92 Å². The molecule has 0 aliphatic carbocycles. The summed E-state index contributed by atoms with van der Waals surface area (Å²) in [6.45, 7) is 6.17. The fraction of sp³-hybridized carbons (Fsp3) is 0.417. The first-order chi connectivity index (χ1) is 6.50. The van der Waals surface area contributed by atoms with E-state index in [1.165, 1.54) is 3.57 Å². The molecule has 0 saturated heterocycles. The smallest absolute Gasteiger partial charge is 0.0817 e. The normalized spacial score (nSPS) is 14.9. The number of hydrogen-bond donors (Lipinski definition) is 0. The summed E-state index contributed by atoms with van der Waals surface area (Å²) in [7, 11) is 0. The van der Waals surface area contributed by atoms with Gasteiger partial charge in [-0.25, -0.2) is 0 Å². The number of rotatable bonds is 2. The summed E-state index contributed by atoms with van der Waals surface area (Å²) in [5.41, 5.74) is 0.736. The summed E-state index contributed by atoms with van der Waals surface area (Å²) in [4.78, 5) is 0. The molecule has 0 N–H and O–H groups in total. The molecule has 0 amide bonds. The van der Waals surface area contributed by atoms with Crippen molar-refractivity contribution in [3.8, 4) is 6.07 Å². The Kier molecular flexibility index (Phi) is 3.54. The standard InChI is InChI=1S/C12H14IN/c1-9(2)12(3,8-14)10-4-6-11(13)7-5-10/h4-7,9H,1-3H3. The van der Waals surface area contributed by atoms with E-state index in [2.05, 4.69) is 42.5 Å². The first-order valence-electron chi connectivity index (χ1n) is 4.68. The lowest BCUT2D eigenvalue weighted by atomic mass is 9.75. The minimum Gasteiger partial charge on any atom is -0.197 e. The van der Waals surface area contributed by atoms with Crippen LogP contribution in [-0.2, 0) is 5.41 Å². The molecule has 0 bridgehead atoms. The van der Waals surface area contributed by atoms with Crippen LogP contribution in [0, 0.1) is 20.8 Å². The number of benzene rings is 1. The molecule has 1 unspecified atom stereocenters. The summed E-state index contributed by atoms with van der Waals surface area (Å²) in [5, 5.41) is 9.23. The minimum absolute atomic E-state index is 0.326. The number of nitriles is 1. The van der Waals surface area contributed by atoms with E-state index in [1.54, 1.807) is 0 Å². The molecule has 0 aliphatic heterocycles. The molecule has 0 fully saturated rings. The molecular formula is C12H14IN. The van der Waals surface area contributed by atoms with Gasteiger partial charge in [0.1, 0.15) is 0 Å². The van der Waals surface area contributed by atoms with E-state index < -0.39 is 0 Å². The summed E-state index contributed by atoms with van der Waals surface area (Å²) in [6, 6.07) is 10.6.